The fraction of sp³-hybridized carbons (Fsp3) is 0.417. The summed E-state index contributed by atoms with van der Waals surface area (Å²) in [5, 5.41) is 9.71. The molecule has 0 aliphatic rings. The van der Waals surface area contributed by atoms with Gasteiger partial charge in [-0.3, -0.25) is 4.79 Å². The van der Waals surface area contributed by atoms with Crippen LogP contribution in [0.1, 0.15) is 23.7 Å². The van der Waals surface area contributed by atoms with E-state index in [0.29, 0.717) is 12.2 Å². The van der Waals surface area contributed by atoms with Gasteiger partial charge in [-0.25, -0.2) is 0 Å². The van der Waals surface area contributed by atoms with Crippen LogP contribution in [0.4, 0.5) is 0 Å². The minimum absolute atomic E-state index is 0.0277. The van der Waals surface area contributed by atoms with Crippen molar-refractivity contribution in [3.05, 3.63) is 35.4 Å². The molecule has 1 rings (SSSR count). The number of esters is 1. The molecule has 0 spiro atoms. The molecule has 0 saturated heterocycles. The van der Waals surface area contributed by atoms with E-state index in [0.717, 1.165) is 5.56 Å². The van der Waals surface area contributed by atoms with Crippen molar-refractivity contribution in [3.63, 3.8) is 0 Å². The van der Waals surface area contributed by atoms with E-state index in [2.05, 4.69) is 4.74 Å². The van der Waals surface area contributed by atoms with Crippen molar-refractivity contribution in [2.45, 2.75) is 19.1 Å². The van der Waals surface area contributed by atoms with E-state index in [1.54, 1.807) is 19.2 Å². The summed E-state index contributed by atoms with van der Waals surface area (Å²) in [7, 11) is 2.93. The van der Waals surface area contributed by atoms with Gasteiger partial charge in [-0.1, -0.05) is 24.3 Å². The van der Waals surface area contributed by atoms with E-state index in [1.807, 2.05) is 12.1 Å². The first-order chi connectivity index (χ1) is 7.67. The lowest BCUT2D eigenvalue weighted by Crippen LogP contribution is -2.08. The number of aliphatic hydroxyl groups is 1. The molecule has 16 heavy (non-hydrogen) atoms. The second kappa shape index (κ2) is 6.25. The van der Waals surface area contributed by atoms with Gasteiger partial charge in [0, 0.05) is 7.11 Å². The molecule has 4 nitrogen and oxygen atoms in total. The highest BCUT2D eigenvalue weighted by molar-refractivity contribution is 5.70. The van der Waals surface area contributed by atoms with Crippen LogP contribution >= 0.6 is 0 Å². The standard InChI is InChI=1S/C12H16O4/c1-15-8-9-3-5-10(6-4-9)11(13)7-12(14)16-2/h3-6,11,13H,7-8H2,1-2H3/t11-/m1/s1. The smallest absolute Gasteiger partial charge is 0.308 e. The maximum atomic E-state index is 11.0. The van der Waals surface area contributed by atoms with Crippen LogP contribution in [0, 0.1) is 0 Å². The third-order valence-corrected chi connectivity index (χ3v) is 2.26. The third kappa shape index (κ3) is 3.64. The van der Waals surface area contributed by atoms with Gasteiger partial charge in [0.2, 0.25) is 0 Å². The van der Waals surface area contributed by atoms with E-state index in [9.17, 15) is 9.90 Å². The number of hydrogen-bond donors (Lipinski definition) is 1. The largest absolute Gasteiger partial charge is 0.469 e. The first-order valence-electron chi connectivity index (χ1n) is 5.00. The van der Waals surface area contributed by atoms with Gasteiger partial charge in [-0.15, -0.1) is 0 Å². The van der Waals surface area contributed by atoms with E-state index < -0.39 is 12.1 Å². The topological polar surface area (TPSA) is 55.8 Å². The number of hydrogen-bond acceptors (Lipinski definition) is 4. The Morgan fingerprint density at radius 2 is 1.94 bits per heavy atom. The van der Waals surface area contributed by atoms with Crippen molar-refractivity contribution in [1.29, 1.82) is 0 Å². The Kier molecular flexibility index (Phi) is 4.95. The number of ether oxygens (including phenoxy) is 2. The highest BCUT2D eigenvalue weighted by atomic mass is 16.5. The maximum absolute atomic E-state index is 11.0. The lowest BCUT2D eigenvalue weighted by molar-refractivity contribution is -0.142. The van der Waals surface area contributed by atoms with Crippen LogP contribution in [-0.4, -0.2) is 25.3 Å². The van der Waals surface area contributed by atoms with Gasteiger partial charge in [-0.05, 0) is 11.1 Å². The quantitative estimate of drug-likeness (QED) is 0.769. The van der Waals surface area contributed by atoms with Crippen LogP contribution in [0.5, 0.6) is 0 Å². The van der Waals surface area contributed by atoms with E-state index in [-0.39, 0.29) is 6.42 Å². The van der Waals surface area contributed by atoms with Crippen LogP contribution in [0.15, 0.2) is 24.3 Å². The Balaban J connectivity index is 2.62. The summed E-state index contributed by atoms with van der Waals surface area (Å²) in [6.45, 7) is 0.535. The van der Waals surface area contributed by atoms with Crippen molar-refractivity contribution in [2.24, 2.45) is 0 Å². The molecular weight excluding hydrogens is 208 g/mol. The minimum atomic E-state index is -0.816. The van der Waals surface area contributed by atoms with Crippen molar-refractivity contribution in [2.75, 3.05) is 14.2 Å². The number of carbonyl (C=O) groups is 1. The molecule has 1 atom stereocenters. The fourth-order valence-corrected chi connectivity index (χ4v) is 1.36. The zero-order valence-electron chi connectivity index (χ0n) is 9.47. The molecule has 1 N–H and O–H groups in total. The van der Waals surface area contributed by atoms with Gasteiger partial charge in [-0.2, -0.15) is 0 Å². The first kappa shape index (κ1) is 12.7. The Morgan fingerprint density at radius 1 is 1.31 bits per heavy atom. The van der Waals surface area contributed by atoms with Crippen LogP contribution < -0.4 is 0 Å². The molecule has 1 aromatic rings. The molecule has 88 valence electrons. The summed E-state index contributed by atoms with van der Waals surface area (Å²) in [6, 6.07) is 7.28. The summed E-state index contributed by atoms with van der Waals surface area (Å²) in [5.41, 5.74) is 1.72. The summed E-state index contributed by atoms with van der Waals surface area (Å²) in [5.74, 6) is -0.423. The minimum Gasteiger partial charge on any atom is -0.469 e. The molecule has 1 aromatic carbocycles. The van der Waals surface area contributed by atoms with Gasteiger partial charge in [0.1, 0.15) is 0 Å². The maximum Gasteiger partial charge on any atom is 0.308 e. The lowest BCUT2D eigenvalue weighted by Gasteiger charge is -2.10. The molecule has 0 bridgehead atoms. The Morgan fingerprint density at radius 3 is 2.44 bits per heavy atom. The predicted molar refractivity (Wildman–Crippen MR) is 58.7 cm³/mol. The third-order valence-electron chi connectivity index (χ3n) is 2.26. The van der Waals surface area contributed by atoms with Crippen molar-refractivity contribution in [1.82, 2.24) is 0 Å². The normalized spacial score (nSPS) is 12.2. The number of benzene rings is 1. The number of carbonyl (C=O) groups excluding carboxylic acids is 1. The van der Waals surface area contributed by atoms with Gasteiger partial charge in [0.25, 0.3) is 0 Å². The molecule has 4 heteroatoms. The molecule has 0 heterocycles. The summed E-state index contributed by atoms with van der Waals surface area (Å²) < 4.78 is 9.46. The van der Waals surface area contributed by atoms with Crippen LogP contribution in [0.3, 0.4) is 0 Å². The second-order valence-corrected chi connectivity index (χ2v) is 3.47. The molecule has 0 aromatic heterocycles. The first-order valence-corrected chi connectivity index (χ1v) is 5.00. The zero-order chi connectivity index (χ0) is 12.0. The van der Waals surface area contributed by atoms with E-state index in [1.165, 1.54) is 7.11 Å². The summed E-state index contributed by atoms with van der Waals surface area (Å²) in [4.78, 5) is 11.0. The fourth-order valence-electron chi connectivity index (χ4n) is 1.36. The molecule has 0 fully saturated rings. The predicted octanol–water partition coefficient (Wildman–Crippen LogP) is 1.43. The molecule has 0 aliphatic heterocycles. The van der Waals surface area contributed by atoms with E-state index >= 15 is 0 Å². The molecular formula is C12H16O4. The van der Waals surface area contributed by atoms with Gasteiger partial charge in [0.15, 0.2) is 0 Å². The lowest BCUT2D eigenvalue weighted by atomic mass is 10.0. The Hall–Kier alpha value is -1.39. The number of aliphatic hydroxyl groups excluding tert-OH is 1. The average Bonchev–Trinajstić information content (AvgIpc) is 2.30. The Labute approximate surface area is 94.8 Å². The zero-order valence-corrected chi connectivity index (χ0v) is 9.47. The van der Waals surface area contributed by atoms with Gasteiger partial charge in [0.05, 0.1) is 26.2 Å². The highest BCUT2D eigenvalue weighted by Crippen LogP contribution is 2.17. The van der Waals surface area contributed by atoms with Gasteiger partial charge >= 0.3 is 5.97 Å². The summed E-state index contributed by atoms with van der Waals surface area (Å²) in [6.07, 6.45) is -0.843. The molecule has 0 radical (unpaired) electrons. The highest BCUT2D eigenvalue weighted by Gasteiger charge is 2.12. The number of rotatable bonds is 5. The van der Waals surface area contributed by atoms with Crippen LogP contribution in [0.2, 0.25) is 0 Å². The van der Waals surface area contributed by atoms with Crippen LogP contribution in [-0.2, 0) is 20.9 Å². The SMILES string of the molecule is COCc1ccc([C@H](O)CC(=O)OC)cc1. The number of methoxy groups -OCH3 is 2. The Bertz CT molecular complexity index is 331. The molecule has 0 saturated carbocycles. The monoisotopic (exact) mass is 224 g/mol. The van der Waals surface area contributed by atoms with Gasteiger partial charge < -0.3 is 14.6 Å². The van der Waals surface area contributed by atoms with Crippen molar-refractivity contribution >= 4 is 5.97 Å². The van der Waals surface area contributed by atoms with Crippen molar-refractivity contribution in [3.8, 4) is 0 Å². The molecule has 0 aliphatic carbocycles. The second-order valence-electron chi connectivity index (χ2n) is 3.47. The van der Waals surface area contributed by atoms with Crippen LogP contribution in [0.25, 0.3) is 0 Å². The molecule has 0 amide bonds. The van der Waals surface area contributed by atoms with Crippen molar-refractivity contribution < 1.29 is 19.4 Å². The average molecular weight is 224 g/mol. The summed E-state index contributed by atoms with van der Waals surface area (Å²) >= 11 is 0. The molecule has 0 unspecified atom stereocenters. The van der Waals surface area contributed by atoms with E-state index in [4.69, 9.17) is 4.74 Å².